The van der Waals surface area contributed by atoms with Crippen LogP contribution < -0.4 is 16.2 Å². The van der Waals surface area contributed by atoms with Crippen molar-refractivity contribution in [2.75, 3.05) is 16.9 Å². The first-order chi connectivity index (χ1) is 8.76. The van der Waals surface area contributed by atoms with Crippen LogP contribution in [0.15, 0.2) is 6.20 Å². The lowest BCUT2D eigenvalue weighted by molar-refractivity contribution is 0.416. The fraction of sp³-hybridized carbons (Fsp3) is 0.692. The average Bonchev–Trinajstić information content (AvgIpc) is 2.43. The lowest BCUT2D eigenvalue weighted by atomic mass is 9.94. The number of hydrogen-bond donors (Lipinski definition) is 2. The standard InChI is InChI=1S/C13H23N5/c1-3-18(11-7-5-4-6-8-11)12-10(2)9-15-13(16-12)17-14/h9,11H,3-8,14H2,1-2H3,(H,15,16,17). The molecule has 0 saturated heterocycles. The normalized spacial score (nSPS) is 16.6. The largest absolute Gasteiger partial charge is 0.354 e. The quantitative estimate of drug-likeness (QED) is 0.632. The molecule has 5 heteroatoms. The van der Waals surface area contributed by atoms with Crippen LogP contribution in [0.3, 0.4) is 0 Å². The second-order valence-corrected chi connectivity index (χ2v) is 4.92. The number of anilines is 2. The fourth-order valence-corrected chi connectivity index (χ4v) is 2.77. The Morgan fingerprint density at radius 2 is 2.11 bits per heavy atom. The van der Waals surface area contributed by atoms with Gasteiger partial charge in [-0.05, 0) is 26.7 Å². The maximum absolute atomic E-state index is 5.40. The van der Waals surface area contributed by atoms with Crippen molar-refractivity contribution in [1.29, 1.82) is 0 Å². The minimum Gasteiger partial charge on any atom is -0.354 e. The van der Waals surface area contributed by atoms with Gasteiger partial charge in [0.2, 0.25) is 5.95 Å². The van der Waals surface area contributed by atoms with E-state index in [-0.39, 0.29) is 0 Å². The van der Waals surface area contributed by atoms with Gasteiger partial charge in [-0.1, -0.05) is 19.3 Å². The molecule has 1 heterocycles. The molecular weight excluding hydrogens is 226 g/mol. The Morgan fingerprint density at radius 3 is 2.72 bits per heavy atom. The Hall–Kier alpha value is -1.36. The van der Waals surface area contributed by atoms with Crippen LogP contribution in [0, 0.1) is 6.92 Å². The third kappa shape index (κ3) is 2.72. The van der Waals surface area contributed by atoms with E-state index in [1.165, 1.54) is 32.1 Å². The number of nitrogens with two attached hydrogens (primary N) is 1. The van der Waals surface area contributed by atoms with Gasteiger partial charge in [-0.3, -0.25) is 5.43 Å². The van der Waals surface area contributed by atoms with E-state index in [9.17, 15) is 0 Å². The van der Waals surface area contributed by atoms with Crippen molar-refractivity contribution in [3.8, 4) is 0 Å². The Labute approximate surface area is 109 Å². The second kappa shape index (κ2) is 6.00. The average molecular weight is 249 g/mol. The van der Waals surface area contributed by atoms with Crippen molar-refractivity contribution in [1.82, 2.24) is 9.97 Å². The summed E-state index contributed by atoms with van der Waals surface area (Å²) in [4.78, 5) is 11.1. The van der Waals surface area contributed by atoms with Crippen LogP contribution in [0.4, 0.5) is 11.8 Å². The number of rotatable bonds is 4. The molecule has 0 atom stereocenters. The topological polar surface area (TPSA) is 67.1 Å². The molecule has 0 radical (unpaired) electrons. The van der Waals surface area contributed by atoms with Gasteiger partial charge in [0.15, 0.2) is 0 Å². The molecule has 1 aliphatic rings. The summed E-state index contributed by atoms with van der Waals surface area (Å²) < 4.78 is 0. The molecule has 1 aromatic heterocycles. The van der Waals surface area contributed by atoms with Crippen molar-refractivity contribution >= 4 is 11.8 Å². The SMILES string of the molecule is CCN(c1nc(NN)ncc1C)C1CCCCC1. The van der Waals surface area contributed by atoms with Gasteiger partial charge in [0.1, 0.15) is 5.82 Å². The third-order valence-electron chi connectivity index (χ3n) is 3.70. The summed E-state index contributed by atoms with van der Waals surface area (Å²) in [5.41, 5.74) is 3.64. The number of nitrogens with one attached hydrogen (secondary N) is 1. The molecule has 100 valence electrons. The van der Waals surface area contributed by atoms with Crippen molar-refractivity contribution in [2.24, 2.45) is 5.84 Å². The molecule has 0 aromatic carbocycles. The molecule has 0 amide bonds. The zero-order valence-corrected chi connectivity index (χ0v) is 11.3. The van der Waals surface area contributed by atoms with Crippen molar-refractivity contribution < 1.29 is 0 Å². The van der Waals surface area contributed by atoms with Gasteiger partial charge in [-0.25, -0.2) is 10.8 Å². The van der Waals surface area contributed by atoms with Crippen LogP contribution in [-0.2, 0) is 0 Å². The highest BCUT2D eigenvalue weighted by Gasteiger charge is 2.22. The van der Waals surface area contributed by atoms with Crippen molar-refractivity contribution in [2.45, 2.75) is 52.0 Å². The van der Waals surface area contributed by atoms with Gasteiger partial charge in [0.05, 0.1) is 0 Å². The van der Waals surface area contributed by atoms with E-state index in [1.807, 2.05) is 6.20 Å². The van der Waals surface area contributed by atoms with Gasteiger partial charge >= 0.3 is 0 Å². The monoisotopic (exact) mass is 249 g/mol. The van der Waals surface area contributed by atoms with Crippen molar-refractivity contribution in [3.63, 3.8) is 0 Å². The summed E-state index contributed by atoms with van der Waals surface area (Å²) in [6.07, 6.45) is 8.39. The van der Waals surface area contributed by atoms with E-state index >= 15 is 0 Å². The molecule has 18 heavy (non-hydrogen) atoms. The van der Waals surface area contributed by atoms with Crippen LogP contribution in [0.5, 0.6) is 0 Å². The van der Waals surface area contributed by atoms with Gasteiger partial charge in [-0.15, -0.1) is 0 Å². The Balaban J connectivity index is 2.25. The Kier molecular flexibility index (Phi) is 4.36. The van der Waals surface area contributed by atoms with Gasteiger partial charge in [0.25, 0.3) is 0 Å². The Morgan fingerprint density at radius 1 is 1.39 bits per heavy atom. The van der Waals surface area contributed by atoms with E-state index in [1.54, 1.807) is 0 Å². The number of aryl methyl sites for hydroxylation is 1. The highest BCUT2D eigenvalue weighted by Crippen LogP contribution is 2.28. The van der Waals surface area contributed by atoms with Crippen LogP contribution >= 0.6 is 0 Å². The number of hydrogen-bond acceptors (Lipinski definition) is 5. The van der Waals surface area contributed by atoms with E-state index in [4.69, 9.17) is 5.84 Å². The van der Waals surface area contributed by atoms with E-state index in [0.717, 1.165) is 17.9 Å². The molecule has 0 spiro atoms. The van der Waals surface area contributed by atoms with Gasteiger partial charge < -0.3 is 4.90 Å². The van der Waals surface area contributed by atoms with E-state index in [0.29, 0.717) is 12.0 Å². The summed E-state index contributed by atoms with van der Waals surface area (Å²) in [6.45, 7) is 5.22. The molecule has 1 fully saturated rings. The van der Waals surface area contributed by atoms with Crippen LogP contribution in [0.2, 0.25) is 0 Å². The zero-order chi connectivity index (χ0) is 13.0. The van der Waals surface area contributed by atoms with Gasteiger partial charge in [0, 0.05) is 24.3 Å². The fourth-order valence-electron chi connectivity index (χ4n) is 2.77. The molecule has 1 aliphatic carbocycles. The molecule has 2 rings (SSSR count). The molecular formula is C13H23N5. The summed E-state index contributed by atoms with van der Waals surface area (Å²) in [7, 11) is 0. The highest BCUT2D eigenvalue weighted by atomic mass is 15.3. The number of nitrogen functional groups attached to an aromatic ring is 1. The summed E-state index contributed by atoms with van der Waals surface area (Å²) in [5.74, 6) is 6.91. The van der Waals surface area contributed by atoms with E-state index in [2.05, 4.69) is 34.1 Å². The molecule has 1 aromatic rings. The first-order valence-electron chi connectivity index (χ1n) is 6.83. The van der Waals surface area contributed by atoms with Crippen LogP contribution in [0.1, 0.15) is 44.6 Å². The molecule has 0 aliphatic heterocycles. The summed E-state index contributed by atoms with van der Waals surface area (Å²) in [5, 5.41) is 0. The lowest BCUT2D eigenvalue weighted by Gasteiger charge is -2.35. The predicted octanol–water partition coefficient (Wildman–Crippen LogP) is 2.23. The first kappa shape index (κ1) is 13.1. The minimum absolute atomic E-state index is 0.491. The molecule has 1 saturated carbocycles. The summed E-state index contributed by atoms with van der Waals surface area (Å²) >= 11 is 0. The highest BCUT2D eigenvalue weighted by molar-refractivity contribution is 5.49. The van der Waals surface area contributed by atoms with Crippen LogP contribution in [-0.4, -0.2) is 22.6 Å². The lowest BCUT2D eigenvalue weighted by Crippen LogP contribution is -2.38. The van der Waals surface area contributed by atoms with Crippen LogP contribution in [0.25, 0.3) is 0 Å². The predicted molar refractivity (Wildman–Crippen MR) is 74.5 cm³/mol. The minimum atomic E-state index is 0.491. The summed E-state index contributed by atoms with van der Waals surface area (Å²) in [6, 6.07) is 0.614. The maximum atomic E-state index is 5.40. The zero-order valence-electron chi connectivity index (χ0n) is 11.3. The number of hydrazine groups is 1. The molecule has 0 unspecified atom stereocenters. The van der Waals surface area contributed by atoms with E-state index < -0.39 is 0 Å². The smallest absolute Gasteiger partial charge is 0.239 e. The molecule has 5 nitrogen and oxygen atoms in total. The maximum Gasteiger partial charge on any atom is 0.239 e. The molecule has 3 N–H and O–H groups in total. The first-order valence-corrected chi connectivity index (χ1v) is 6.83. The van der Waals surface area contributed by atoms with Gasteiger partial charge in [-0.2, -0.15) is 4.98 Å². The Bertz CT molecular complexity index is 387. The molecule has 0 bridgehead atoms. The third-order valence-corrected chi connectivity index (χ3v) is 3.70. The number of aromatic nitrogens is 2. The number of nitrogens with zero attached hydrogens (tertiary/aromatic N) is 3. The van der Waals surface area contributed by atoms with Crippen molar-refractivity contribution in [3.05, 3.63) is 11.8 Å². The second-order valence-electron chi connectivity index (χ2n) is 4.92.